The normalized spacial score (nSPS) is 12.2. The fourth-order valence-electron chi connectivity index (χ4n) is 0.907. The van der Waals surface area contributed by atoms with E-state index in [2.05, 4.69) is 4.98 Å². The fraction of sp³-hybridized carbons (Fsp3) is 0. The van der Waals surface area contributed by atoms with Crippen molar-refractivity contribution in [2.45, 2.75) is 0 Å². The first kappa shape index (κ1) is 10.4. The molecule has 5 heteroatoms. The Kier molecular flexibility index (Phi) is 3.36. The zero-order chi connectivity index (χ0) is 10.6. The number of aromatic nitrogens is 1. The van der Waals surface area contributed by atoms with E-state index < -0.39 is 0 Å². The Morgan fingerprint density at radius 3 is 2.79 bits per heavy atom. The summed E-state index contributed by atoms with van der Waals surface area (Å²) in [5.41, 5.74) is 17.5. The maximum atomic E-state index is 5.91. The van der Waals surface area contributed by atoms with Crippen molar-refractivity contribution in [1.82, 2.24) is 4.98 Å². The Labute approximate surface area is 87.1 Å². The first-order valence-corrected chi connectivity index (χ1v) is 4.28. The summed E-state index contributed by atoms with van der Waals surface area (Å²) >= 11 is 5.91. The first-order chi connectivity index (χ1) is 6.65. The van der Waals surface area contributed by atoms with Crippen LogP contribution in [-0.2, 0) is 0 Å². The third-order valence-corrected chi connectivity index (χ3v) is 1.89. The molecule has 1 heterocycles. The van der Waals surface area contributed by atoms with Crippen LogP contribution >= 0.6 is 11.6 Å². The summed E-state index contributed by atoms with van der Waals surface area (Å²) in [6.07, 6.45) is 6.15. The zero-order valence-corrected chi connectivity index (χ0v) is 8.20. The zero-order valence-electron chi connectivity index (χ0n) is 7.44. The highest BCUT2D eigenvalue weighted by atomic mass is 35.5. The Morgan fingerprint density at radius 2 is 2.21 bits per heavy atom. The lowest BCUT2D eigenvalue weighted by Crippen LogP contribution is -1.99. The van der Waals surface area contributed by atoms with E-state index >= 15 is 0 Å². The van der Waals surface area contributed by atoms with E-state index in [0.29, 0.717) is 22.1 Å². The average molecular weight is 211 g/mol. The molecule has 0 atom stereocenters. The molecule has 0 aliphatic rings. The molecule has 0 aliphatic carbocycles. The Balaban J connectivity index is 3.07. The van der Waals surface area contributed by atoms with Crippen molar-refractivity contribution in [3.05, 3.63) is 41.2 Å². The number of anilines is 1. The van der Waals surface area contributed by atoms with E-state index in [1.165, 1.54) is 12.4 Å². The predicted molar refractivity (Wildman–Crippen MR) is 59.2 cm³/mol. The summed E-state index contributed by atoms with van der Waals surface area (Å²) in [7, 11) is 0. The molecule has 0 saturated heterocycles. The molecule has 0 bridgehead atoms. The summed E-state index contributed by atoms with van der Waals surface area (Å²) in [5.74, 6) is 0.362. The molecule has 6 N–H and O–H groups in total. The molecule has 0 unspecified atom stereocenters. The second-order valence-electron chi connectivity index (χ2n) is 2.60. The molecule has 1 rings (SSSR count). The Bertz CT molecular complexity index is 384. The van der Waals surface area contributed by atoms with Crippen molar-refractivity contribution in [2.75, 3.05) is 5.73 Å². The van der Waals surface area contributed by atoms with Crippen LogP contribution in [0.2, 0.25) is 5.02 Å². The van der Waals surface area contributed by atoms with Gasteiger partial charge in [-0.15, -0.1) is 0 Å². The topological polar surface area (TPSA) is 91.0 Å². The van der Waals surface area contributed by atoms with Crippen LogP contribution in [0.5, 0.6) is 0 Å². The van der Waals surface area contributed by atoms with Gasteiger partial charge in [-0.1, -0.05) is 11.6 Å². The van der Waals surface area contributed by atoms with Crippen molar-refractivity contribution in [3.63, 3.8) is 0 Å². The summed E-state index contributed by atoms with van der Waals surface area (Å²) in [4.78, 5) is 3.89. The van der Waals surface area contributed by atoms with E-state index in [9.17, 15) is 0 Å². The SMILES string of the molecule is N/C=C\C=C(/N)c1cnc(N)cc1Cl. The molecule has 0 fully saturated rings. The quantitative estimate of drug-likeness (QED) is 0.638. The Morgan fingerprint density at radius 1 is 1.50 bits per heavy atom. The standard InChI is InChI=1S/C9H11ClN4/c10-7-4-9(13)14-5-6(7)8(12)2-1-3-11/h1-5H,11-12H2,(H2,13,14)/b3-1-,8-2-. The van der Waals surface area contributed by atoms with Crippen molar-refractivity contribution in [1.29, 1.82) is 0 Å². The molecular weight excluding hydrogens is 200 g/mol. The number of rotatable bonds is 2. The molecule has 0 saturated carbocycles. The van der Waals surface area contributed by atoms with Gasteiger partial charge in [-0.3, -0.25) is 0 Å². The third kappa shape index (κ3) is 2.40. The van der Waals surface area contributed by atoms with Gasteiger partial charge in [-0.05, 0) is 24.4 Å². The molecule has 0 aromatic carbocycles. The minimum absolute atomic E-state index is 0.362. The molecule has 0 radical (unpaired) electrons. The molecular formula is C9H11ClN4. The van der Waals surface area contributed by atoms with Gasteiger partial charge in [-0.25, -0.2) is 4.98 Å². The van der Waals surface area contributed by atoms with Crippen molar-refractivity contribution in [3.8, 4) is 0 Å². The molecule has 0 spiro atoms. The molecule has 0 aliphatic heterocycles. The van der Waals surface area contributed by atoms with Crippen molar-refractivity contribution in [2.24, 2.45) is 11.5 Å². The van der Waals surface area contributed by atoms with Gasteiger partial charge in [0.1, 0.15) is 5.82 Å². The highest BCUT2D eigenvalue weighted by molar-refractivity contribution is 6.32. The van der Waals surface area contributed by atoms with E-state index in [-0.39, 0.29) is 0 Å². The van der Waals surface area contributed by atoms with Gasteiger partial charge in [0.05, 0.1) is 5.02 Å². The monoisotopic (exact) mass is 210 g/mol. The van der Waals surface area contributed by atoms with Crippen LogP contribution in [0.1, 0.15) is 5.56 Å². The average Bonchev–Trinajstić information content (AvgIpc) is 2.14. The summed E-state index contributed by atoms with van der Waals surface area (Å²) in [6.45, 7) is 0. The number of allylic oxidation sites excluding steroid dienone is 2. The molecule has 0 amide bonds. The second kappa shape index (κ2) is 4.53. The number of nitrogens with two attached hydrogens (primary N) is 3. The van der Waals surface area contributed by atoms with Crippen LogP contribution in [0.3, 0.4) is 0 Å². The molecule has 4 nitrogen and oxygen atoms in total. The molecule has 1 aromatic heterocycles. The van der Waals surface area contributed by atoms with Gasteiger partial charge in [0, 0.05) is 17.5 Å². The van der Waals surface area contributed by atoms with Crippen LogP contribution in [-0.4, -0.2) is 4.98 Å². The van der Waals surface area contributed by atoms with E-state index in [0.717, 1.165) is 0 Å². The summed E-state index contributed by atoms with van der Waals surface area (Å²) < 4.78 is 0. The van der Waals surface area contributed by atoms with Crippen LogP contribution in [0, 0.1) is 0 Å². The highest BCUT2D eigenvalue weighted by Gasteiger charge is 2.03. The van der Waals surface area contributed by atoms with E-state index in [4.69, 9.17) is 28.8 Å². The van der Waals surface area contributed by atoms with Gasteiger partial charge < -0.3 is 17.2 Å². The van der Waals surface area contributed by atoms with Crippen LogP contribution in [0.25, 0.3) is 5.70 Å². The van der Waals surface area contributed by atoms with Gasteiger partial charge in [0.15, 0.2) is 0 Å². The summed E-state index contributed by atoms with van der Waals surface area (Å²) in [5, 5.41) is 0.469. The fourth-order valence-corrected chi connectivity index (χ4v) is 1.18. The minimum atomic E-state index is 0.362. The highest BCUT2D eigenvalue weighted by Crippen LogP contribution is 2.21. The van der Waals surface area contributed by atoms with E-state index in [1.54, 1.807) is 18.2 Å². The van der Waals surface area contributed by atoms with Crippen molar-refractivity contribution < 1.29 is 0 Å². The van der Waals surface area contributed by atoms with Gasteiger partial charge in [0.25, 0.3) is 0 Å². The van der Waals surface area contributed by atoms with E-state index in [1.807, 2.05) is 0 Å². The number of nitrogens with zero attached hydrogens (tertiary/aromatic N) is 1. The number of hydrogen-bond acceptors (Lipinski definition) is 4. The number of halogens is 1. The van der Waals surface area contributed by atoms with Crippen LogP contribution < -0.4 is 17.2 Å². The number of hydrogen-bond donors (Lipinski definition) is 3. The minimum Gasteiger partial charge on any atom is -0.405 e. The lowest BCUT2D eigenvalue weighted by molar-refractivity contribution is 1.31. The lowest BCUT2D eigenvalue weighted by atomic mass is 10.2. The van der Waals surface area contributed by atoms with Gasteiger partial charge in [-0.2, -0.15) is 0 Å². The molecule has 14 heavy (non-hydrogen) atoms. The van der Waals surface area contributed by atoms with Crippen molar-refractivity contribution >= 4 is 23.1 Å². The van der Waals surface area contributed by atoms with Crippen LogP contribution in [0.4, 0.5) is 5.82 Å². The maximum Gasteiger partial charge on any atom is 0.124 e. The molecule has 1 aromatic rings. The maximum absolute atomic E-state index is 5.91. The predicted octanol–water partition coefficient (Wildman–Crippen LogP) is 1.09. The largest absolute Gasteiger partial charge is 0.405 e. The van der Waals surface area contributed by atoms with Gasteiger partial charge in [0.2, 0.25) is 0 Å². The Hall–Kier alpha value is -1.68. The third-order valence-electron chi connectivity index (χ3n) is 1.57. The second-order valence-corrected chi connectivity index (χ2v) is 3.00. The first-order valence-electron chi connectivity index (χ1n) is 3.90. The number of pyridine rings is 1. The smallest absolute Gasteiger partial charge is 0.124 e. The lowest BCUT2D eigenvalue weighted by Gasteiger charge is -2.03. The summed E-state index contributed by atoms with van der Waals surface area (Å²) in [6, 6.07) is 1.55. The molecule has 74 valence electrons. The number of nitrogen functional groups attached to an aromatic ring is 1. The van der Waals surface area contributed by atoms with Crippen LogP contribution in [0.15, 0.2) is 30.6 Å². The van der Waals surface area contributed by atoms with Gasteiger partial charge >= 0.3 is 0 Å².